The lowest BCUT2D eigenvalue weighted by Gasteiger charge is -2.21. The summed E-state index contributed by atoms with van der Waals surface area (Å²) in [4.78, 5) is 21.1. The van der Waals surface area contributed by atoms with Crippen LogP contribution < -0.4 is 22.1 Å². The molecule has 12 nitrogen and oxygen atoms in total. The van der Waals surface area contributed by atoms with E-state index in [0.717, 1.165) is 0 Å². The molecule has 5 rings (SSSR count). The van der Waals surface area contributed by atoms with Crippen LogP contribution in [0.5, 0.6) is 0 Å². The number of carbonyl (C=O) groups is 1. The number of rotatable bonds is 11. The van der Waals surface area contributed by atoms with Crippen molar-refractivity contribution in [2.45, 2.75) is 38.8 Å². The Labute approximate surface area is 253 Å². The van der Waals surface area contributed by atoms with Crippen LogP contribution in [0.25, 0.3) is 33.8 Å². The normalized spacial score (nSPS) is 12.4. The lowest BCUT2D eigenvalue weighted by molar-refractivity contribution is -0.206. The Bertz CT molecular complexity index is 1790. The molecule has 0 fully saturated rings. The summed E-state index contributed by atoms with van der Waals surface area (Å²) >= 11 is 6.25. The zero-order valence-corrected chi connectivity index (χ0v) is 24.0. The predicted molar refractivity (Wildman–Crippen MR) is 158 cm³/mol. The number of hydrogen-bond donors (Lipinski definition) is 4. The number of ether oxygens (including phenoxy) is 1. The number of hydrogen-bond acceptors (Lipinski definition) is 11. The van der Waals surface area contributed by atoms with Gasteiger partial charge in [0.05, 0.1) is 23.1 Å². The second kappa shape index (κ2) is 12.8. The molecular weight excluding hydrogens is 603 g/mol. The molecule has 0 aliphatic heterocycles. The van der Waals surface area contributed by atoms with E-state index in [1.807, 2.05) is 17.6 Å². The molecule has 0 aliphatic rings. The number of nitrogen functional groups attached to an aromatic ring is 2. The topological polar surface area (TPSA) is 172 Å². The minimum Gasteiger partial charge on any atom is -0.440 e. The van der Waals surface area contributed by atoms with Gasteiger partial charge in [0.15, 0.2) is 23.6 Å². The van der Waals surface area contributed by atoms with Crippen molar-refractivity contribution < 1.29 is 27.3 Å². The number of aromatic nitrogens is 5. The molecule has 44 heavy (non-hydrogen) atoms. The average Bonchev–Trinajstić information content (AvgIpc) is 3.58. The van der Waals surface area contributed by atoms with Gasteiger partial charge >= 0.3 is 12.1 Å². The number of benzene rings is 2. The van der Waals surface area contributed by atoms with Crippen LogP contribution in [-0.4, -0.2) is 49.8 Å². The number of nitrogens with one attached hydrogen (secondary N) is 2. The summed E-state index contributed by atoms with van der Waals surface area (Å²) in [6.45, 7) is 2.52. The Morgan fingerprint density at radius 3 is 2.61 bits per heavy atom. The standard InChI is InChI=1S/C28H27ClF3N9O3/c1-2-41-24-19(35-10-9-20(43-27(42)28(30,31)32)36-13-15-5-3-8-18(33)11-15)14-37-21(16-6-4-7-17(29)12-16)22(24)38-26(41)23-25(34)40-44-39-23/h3-8,11-12,14,20,35-36H,2,9-10,13,33H2,1H3,(H2,34,40). The van der Waals surface area contributed by atoms with Gasteiger partial charge in [-0.3, -0.25) is 10.3 Å². The van der Waals surface area contributed by atoms with E-state index >= 15 is 0 Å². The summed E-state index contributed by atoms with van der Waals surface area (Å²) < 4.78 is 50.5. The van der Waals surface area contributed by atoms with Gasteiger partial charge in [-0.05, 0) is 47.1 Å². The van der Waals surface area contributed by atoms with E-state index in [0.29, 0.717) is 56.6 Å². The second-order valence-electron chi connectivity index (χ2n) is 9.64. The molecule has 6 N–H and O–H groups in total. The highest BCUT2D eigenvalue weighted by Gasteiger charge is 2.42. The Morgan fingerprint density at radius 2 is 1.93 bits per heavy atom. The minimum absolute atomic E-state index is 0.0328. The molecule has 2 aromatic carbocycles. The summed E-state index contributed by atoms with van der Waals surface area (Å²) in [5, 5.41) is 14.1. The third-order valence-corrected chi connectivity index (χ3v) is 6.83. The number of alkyl halides is 3. The van der Waals surface area contributed by atoms with Crippen LogP contribution >= 0.6 is 11.6 Å². The average molecular weight is 630 g/mol. The first kappa shape index (κ1) is 30.6. The molecule has 1 unspecified atom stereocenters. The Balaban J connectivity index is 1.46. The molecule has 0 saturated heterocycles. The van der Waals surface area contributed by atoms with Gasteiger partial charge in [0, 0.05) is 42.3 Å². The molecule has 3 aromatic heterocycles. The van der Waals surface area contributed by atoms with E-state index < -0.39 is 18.4 Å². The van der Waals surface area contributed by atoms with Crippen molar-refractivity contribution in [2.24, 2.45) is 0 Å². The quantitative estimate of drug-likeness (QED) is 0.0879. The van der Waals surface area contributed by atoms with Crippen molar-refractivity contribution in [2.75, 3.05) is 23.3 Å². The highest BCUT2D eigenvalue weighted by Crippen LogP contribution is 2.36. The molecule has 3 heterocycles. The van der Waals surface area contributed by atoms with Crippen LogP contribution in [0.2, 0.25) is 5.02 Å². The number of pyridine rings is 1. The molecule has 0 radical (unpaired) electrons. The van der Waals surface area contributed by atoms with Crippen molar-refractivity contribution in [1.82, 2.24) is 30.2 Å². The van der Waals surface area contributed by atoms with Crippen LogP contribution in [0.15, 0.2) is 59.4 Å². The summed E-state index contributed by atoms with van der Waals surface area (Å²) in [7, 11) is 0. The molecule has 0 saturated carbocycles. The van der Waals surface area contributed by atoms with Crippen molar-refractivity contribution in [3.8, 4) is 22.8 Å². The van der Waals surface area contributed by atoms with Crippen LogP contribution in [0.4, 0.5) is 30.4 Å². The van der Waals surface area contributed by atoms with E-state index in [4.69, 9.17) is 37.4 Å². The number of aryl methyl sites for hydroxylation is 1. The van der Waals surface area contributed by atoms with E-state index in [2.05, 4.69) is 25.9 Å². The van der Waals surface area contributed by atoms with Gasteiger partial charge in [-0.1, -0.05) is 35.9 Å². The van der Waals surface area contributed by atoms with Gasteiger partial charge in [-0.2, -0.15) is 13.2 Å². The number of esters is 1. The van der Waals surface area contributed by atoms with E-state index in [1.54, 1.807) is 48.7 Å². The molecule has 1 atom stereocenters. The van der Waals surface area contributed by atoms with Crippen molar-refractivity contribution in [1.29, 1.82) is 0 Å². The lowest BCUT2D eigenvalue weighted by Crippen LogP contribution is -2.39. The van der Waals surface area contributed by atoms with E-state index in [1.165, 1.54) is 0 Å². The highest BCUT2D eigenvalue weighted by atomic mass is 35.5. The smallest absolute Gasteiger partial charge is 0.440 e. The second-order valence-corrected chi connectivity index (χ2v) is 10.1. The van der Waals surface area contributed by atoms with Gasteiger partial charge in [0.25, 0.3) is 0 Å². The monoisotopic (exact) mass is 629 g/mol. The van der Waals surface area contributed by atoms with Crippen molar-refractivity contribution in [3.05, 3.63) is 65.3 Å². The maximum atomic E-state index is 13.0. The van der Waals surface area contributed by atoms with Crippen molar-refractivity contribution in [3.63, 3.8) is 0 Å². The van der Waals surface area contributed by atoms with Crippen LogP contribution in [0.1, 0.15) is 18.9 Å². The number of halogens is 4. The molecule has 0 aliphatic carbocycles. The predicted octanol–water partition coefficient (Wildman–Crippen LogP) is 5.01. The van der Waals surface area contributed by atoms with Gasteiger partial charge in [-0.25, -0.2) is 14.4 Å². The summed E-state index contributed by atoms with van der Waals surface area (Å²) in [6, 6.07) is 13.9. The molecule has 230 valence electrons. The molecular formula is C28H27ClF3N9O3. The molecule has 0 spiro atoms. The number of nitrogens with two attached hydrogens (primary N) is 2. The number of imidazole rings is 1. The SMILES string of the molecule is CCn1c(-c2nonc2N)nc2c(-c3cccc(Cl)c3)ncc(NCCC(NCc3cccc(N)c3)OC(=O)C(F)(F)F)c21. The number of nitrogens with zero attached hydrogens (tertiary/aromatic N) is 5. The van der Waals surface area contributed by atoms with Crippen molar-refractivity contribution >= 4 is 45.8 Å². The van der Waals surface area contributed by atoms with Gasteiger partial charge < -0.3 is 26.1 Å². The first-order valence-electron chi connectivity index (χ1n) is 13.4. The fourth-order valence-corrected chi connectivity index (χ4v) is 4.82. The fourth-order valence-electron chi connectivity index (χ4n) is 4.63. The first-order chi connectivity index (χ1) is 21.0. The third kappa shape index (κ3) is 6.68. The first-order valence-corrected chi connectivity index (χ1v) is 13.8. The van der Waals surface area contributed by atoms with Gasteiger partial charge in [-0.15, -0.1) is 0 Å². The zero-order chi connectivity index (χ0) is 31.4. The molecule has 0 bridgehead atoms. The Morgan fingerprint density at radius 1 is 1.14 bits per heavy atom. The third-order valence-electron chi connectivity index (χ3n) is 6.60. The zero-order valence-electron chi connectivity index (χ0n) is 23.2. The number of carbonyl (C=O) groups excluding carboxylic acids is 1. The van der Waals surface area contributed by atoms with E-state index in [9.17, 15) is 18.0 Å². The molecule has 16 heteroatoms. The molecule has 5 aromatic rings. The van der Waals surface area contributed by atoms with Gasteiger partial charge in [0.2, 0.25) is 0 Å². The van der Waals surface area contributed by atoms with Crippen LogP contribution in [-0.2, 0) is 22.6 Å². The largest absolute Gasteiger partial charge is 0.490 e. The minimum atomic E-state index is -5.15. The maximum absolute atomic E-state index is 13.0. The lowest BCUT2D eigenvalue weighted by atomic mass is 10.1. The Kier molecular flexibility index (Phi) is 8.87. The number of fused-ring (bicyclic) bond motifs is 1. The van der Waals surface area contributed by atoms with Gasteiger partial charge in [0.1, 0.15) is 5.52 Å². The fraction of sp³-hybridized carbons (Fsp3) is 0.250. The summed E-state index contributed by atoms with van der Waals surface area (Å²) in [6.07, 6.45) is -4.88. The van der Waals surface area contributed by atoms with E-state index in [-0.39, 0.29) is 31.0 Å². The van der Waals surface area contributed by atoms with Crippen LogP contribution in [0, 0.1) is 0 Å². The molecule has 0 amide bonds. The number of anilines is 3. The highest BCUT2D eigenvalue weighted by molar-refractivity contribution is 6.30. The summed E-state index contributed by atoms with van der Waals surface area (Å²) in [5.74, 6) is -1.88. The Hall–Kier alpha value is -4.89. The maximum Gasteiger partial charge on any atom is 0.490 e. The summed E-state index contributed by atoms with van der Waals surface area (Å²) in [5.41, 5.74) is 16.1. The van der Waals surface area contributed by atoms with Crippen LogP contribution in [0.3, 0.4) is 0 Å².